The van der Waals surface area contributed by atoms with Gasteiger partial charge in [0.1, 0.15) is 13.2 Å². The molecule has 0 fully saturated rings. The number of carbonyl (C=O) groups excluding carboxylic acids is 3. The molecule has 0 aliphatic carbocycles. The van der Waals surface area contributed by atoms with Crippen LogP contribution in [0.3, 0.4) is 0 Å². The van der Waals surface area contributed by atoms with E-state index in [0.29, 0.717) is 19.3 Å². The van der Waals surface area contributed by atoms with E-state index in [4.69, 9.17) is 14.2 Å². The molecule has 6 heteroatoms. The lowest BCUT2D eigenvalue weighted by atomic mass is 10.1. The van der Waals surface area contributed by atoms with Crippen molar-refractivity contribution >= 4 is 17.9 Å². The number of unbranched alkanes of at least 4 members (excludes halogenated alkanes) is 21. The van der Waals surface area contributed by atoms with E-state index < -0.39 is 6.10 Å². The van der Waals surface area contributed by atoms with Crippen molar-refractivity contribution in [1.29, 1.82) is 0 Å². The van der Waals surface area contributed by atoms with Crippen molar-refractivity contribution in [3.05, 3.63) is 109 Å². The Morgan fingerprint density at radius 3 is 0.942 bits per heavy atom. The van der Waals surface area contributed by atoms with E-state index in [9.17, 15) is 14.4 Å². The van der Waals surface area contributed by atoms with Gasteiger partial charge < -0.3 is 14.2 Å². The average molecular weight is 958 g/mol. The number of allylic oxidation sites excluding steroid dienone is 18. The third kappa shape index (κ3) is 54.9. The van der Waals surface area contributed by atoms with E-state index in [1.807, 2.05) is 0 Å². The summed E-state index contributed by atoms with van der Waals surface area (Å²) in [6.45, 7) is 6.35. The lowest BCUT2D eigenvalue weighted by Gasteiger charge is -2.18. The summed E-state index contributed by atoms with van der Waals surface area (Å²) in [5.41, 5.74) is 0. The molecule has 0 radical (unpaired) electrons. The highest BCUT2D eigenvalue weighted by Crippen LogP contribution is 2.14. The van der Waals surface area contributed by atoms with Crippen molar-refractivity contribution in [2.45, 2.75) is 258 Å². The van der Waals surface area contributed by atoms with Crippen molar-refractivity contribution in [2.24, 2.45) is 0 Å². The molecule has 0 rings (SSSR count). The van der Waals surface area contributed by atoms with Crippen LogP contribution in [-0.2, 0) is 28.6 Å². The molecular formula is C63H104O6. The van der Waals surface area contributed by atoms with Crippen LogP contribution in [0.2, 0.25) is 0 Å². The first-order valence-corrected chi connectivity index (χ1v) is 28.4. The second kappa shape index (κ2) is 56.7. The maximum Gasteiger partial charge on any atom is 0.306 e. The minimum atomic E-state index is -0.814. The molecule has 0 heterocycles. The highest BCUT2D eigenvalue weighted by atomic mass is 16.6. The molecule has 0 aromatic heterocycles. The minimum Gasteiger partial charge on any atom is -0.462 e. The Morgan fingerprint density at radius 2 is 0.580 bits per heavy atom. The number of esters is 3. The molecule has 69 heavy (non-hydrogen) atoms. The number of hydrogen-bond acceptors (Lipinski definition) is 6. The Kier molecular flexibility index (Phi) is 53.4. The summed E-state index contributed by atoms with van der Waals surface area (Å²) in [6, 6.07) is 0. The SMILES string of the molecule is CC/C=C\C/C=C\C/C=C\C/C=C\C/C=C\CCCC(=O)OC(COC(=O)CCCCCCCCC/C=C\CCCCCC)COC(=O)CCCCCCCCCCC/C=C\C/C=C\C/C=C\CC. The largest absolute Gasteiger partial charge is 0.462 e. The smallest absolute Gasteiger partial charge is 0.306 e. The maximum atomic E-state index is 12.8. The van der Waals surface area contributed by atoms with Crippen molar-refractivity contribution in [3.8, 4) is 0 Å². The van der Waals surface area contributed by atoms with Crippen LogP contribution in [0.25, 0.3) is 0 Å². The molecule has 0 saturated carbocycles. The normalized spacial score (nSPS) is 12.9. The average Bonchev–Trinajstić information content (AvgIpc) is 3.35. The molecule has 6 nitrogen and oxygen atoms in total. The first kappa shape index (κ1) is 65.1. The Bertz CT molecular complexity index is 1420. The zero-order valence-corrected chi connectivity index (χ0v) is 44.8. The van der Waals surface area contributed by atoms with Gasteiger partial charge in [0.2, 0.25) is 0 Å². The maximum absolute atomic E-state index is 12.8. The van der Waals surface area contributed by atoms with E-state index >= 15 is 0 Å². The van der Waals surface area contributed by atoms with Crippen LogP contribution in [0.1, 0.15) is 252 Å². The fourth-order valence-corrected chi connectivity index (χ4v) is 7.55. The summed E-state index contributed by atoms with van der Waals surface area (Å²) in [4.78, 5) is 38.1. The molecule has 0 bridgehead atoms. The molecule has 392 valence electrons. The third-order valence-corrected chi connectivity index (χ3v) is 11.7. The van der Waals surface area contributed by atoms with Crippen molar-refractivity contribution in [3.63, 3.8) is 0 Å². The van der Waals surface area contributed by atoms with E-state index in [-0.39, 0.29) is 37.5 Å². The van der Waals surface area contributed by atoms with E-state index in [2.05, 4.69) is 130 Å². The van der Waals surface area contributed by atoms with Crippen LogP contribution in [0.4, 0.5) is 0 Å². The highest BCUT2D eigenvalue weighted by molar-refractivity contribution is 5.71. The molecule has 1 unspecified atom stereocenters. The van der Waals surface area contributed by atoms with Crippen LogP contribution in [0.5, 0.6) is 0 Å². The fraction of sp³-hybridized carbons (Fsp3) is 0.667. The summed E-state index contributed by atoms with van der Waals surface area (Å²) >= 11 is 0. The predicted octanol–water partition coefficient (Wildman–Crippen LogP) is 19.1. The summed E-state index contributed by atoms with van der Waals surface area (Å²) < 4.78 is 16.8. The summed E-state index contributed by atoms with van der Waals surface area (Å²) in [7, 11) is 0. The summed E-state index contributed by atoms with van der Waals surface area (Å²) in [5, 5.41) is 0. The molecule has 0 N–H and O–H groups in total. The Balaban J connectivity index is 4.48. The van der Waals surface area contributed by atoms with Gasteiger partial charge in [-0.15, -0.1) is 0 Å². The second-order valence-corrected chi connectivity index (χ2v) is 18.4. The standard InChI is InChI=1S/C63H104O6/c1-4-7-10-13-16-19-22-25-28-30-31-33-35-38-41-44-47-50-53-56-62(65)68-59-60(58-67-61(64)55-52-49-46-43-40-37-34-27-24-21-18-15-12-9-6-3)69-63(66)57-54-51-48-45-42-39-36-32-29-26-23-20-17-14-11-8-5-2/h7-8,10-11,16-17,19-21,24-26,28-29,36,39,45,48,60H,4-6,9,12-15,18,22-23,27,30-35,37-38,40-44,46-47,49-59H2,1-3H3/b10-7-,11-8-,19-16-,20-17-,24-21-,28-25-,29-26-,39-36-,48-45-. The number of rotatable bonds is 50. The van der Waals surface area contributed by atoms with Gasteiger partial charge >= 0.3 is 17.9 Å². The van der Waals surface area contributed by atoms with Gasteiger partial charge in [-0.2, -0.15) is 0 Å². The van der Waals surface area contributed by atoms with Gasteiger partial charge in [-0.1, -0.05) is 226 Å². The van der Waals surface area contributed by atoms with Gasteiger partial charge in [-0.25, -0.2) is 0 Å². The first-order valence-electron chi connectivity index (χ1n) is 28.4. The zero-order valence-electron chi connectivity index (χ0n) is 44.8. The molecule has 0 aliphatic rings. The van der Waals surface area contributed by atoms with Gasteiger partial charge in [0.15, 0.2) is 6.10 Å². The highest BCUT2D eigenvalue weighted by Gasteiger charge is 2.19. The number of hydrogen-bond donors (Lipinski definition) is 0. The topological polar surface area (TPSA) is 78.9 Å². The Labute approximate surface area is 425 Å². The van der Waals surface area contributed by atoms with Gasteiger partial charge in [0.25, 0.3) is 0 Å². The van der Waals surface area contributed by atoms with E-state index in [0.717, 1.165) is 96.3 Å². The quantitative estimate of drug-likeness (QED) is 0.0262. The zero-order chi connectivity index (χ0) is 50.0. The van der Waals surface area contributed by atoms with Crippen molar-refractivity contribution in [1.82, 2.24) is 0 Å². The molecule has 0 saturated heterocycles. The second-order valence-electron chi connectivity index (χ2n) is 18.4. The van der Waals surface area contributed by atoms with E-state index in [1.165, 1.54) is 109 Å². The lowest BCUT2D eigenvalue weighted by Crippen LogP contribution is -2.30. The fourth-order valence-electron chi connectivity index (χ4n) is 7.55. The molecule has 0 aromatic rings. The van der Waals surface area contributed by atoms with Crippen LogP contribution in [0, 0.1) is 0 Å². The molecule has 0 aliphatic heterocycles. The first-order chi connectivity index (χ1) is 34.0. The summed E-state index contributed by atoms with van der Waals surface area (Å²) in [5.74, 6) is -0.974. The molecule has 1 atom stereocenters. The van der Waals surface area contributed by atoms with Gasteiger partial charge in [0.05, 0.1) is 0 Å². The van der Waals surface area contributed by atoms with Gasteiger partial charge in [-0.3, -0.25) is 14.4 Å². The molecule has 0 aromatic carbocycles. The molecular weight excluding hydrogens is 853 g/mol. The van der Waals surface area contributed by atoms with Gasteiger partial charge in [-0.05, 0) is 116 Å². The third-order valence-electron chi connectivity index (χ3n) is 11.7. The Hall–Kier alpha value is -3.93. The van der Waals surface area contributed by atoms with Crippen molar-refractivity contribution < 1.29 is 28.6 Å². The monoisotopic (exact) mass is 957 g/mol. The lowest BCUT2D eigenvalue weighted by molar-refractivity contribution is -0.167. The van der Waals surface area contributed by atoms with Crippen LogP contribution in [0.15, 0.2) is 109 Å². The number of ether oxygens (including phenoxy) is 3. The van der Waals surface area contributed by atoms with E-state index in [1.54, 1.807) is 0 Å². The number of carbonyl (C=O) groups is 3. The van der Waals surface area contributed by atoms with Gasteiger partial charge in [0, 0.05) is 19.3 Å². The summed E-state index contributed by atoms with van der Waals surface area (Å²) in [6.07, 6.45) is 76.5. The molecule has 0 amide bonds. The Morgan fingerprint density at radius 1 is 0.304 bits per heavy atom. The molecule has 0 spiro atoms. The minimum absolute atomic E-state index is 0.106. The van der Waals surface area contributed by atoms with Crippen LogP contribution in [-0.4, -0.2) is 37.2 Å². The van der Waals surface area contributed by atoms with Crippen LogP contribution >= 0.6 is 0 Å². The predicted molar refractivity (Wildman–Crippen MR) is 297 cm³/mol. The van der Waals surface area contributed by atoms with Crippen molar-refractivity contribution in [2.75, 3.05) is 13.2 Å². The van der Waals surface area contributed by atoms with Crippen LogP contribution < -0.4 is 0 Å².